The Morgan fingerprint density at radius 3 is 2.77 bits per heavy atom. The van der Waals surface area contributed by atoms with Gasteiger partial charge in [0.25, 0.3) is 5.91 Å². The fourth-order valence-electron chi connectivity index (χ4n) is 2.64. The second kappa shape index (κ2) is 7.72. The molecular formula is C16H19BrFNO3. The van der Waals surface area contributed by atoms with Crippen molar-refractivity contribution in [2.45, 2.75) is 38.6 Å². The van der Waals surface area contributed by atoms with Gasteiger partial charge in [-0.25, -0.2) is 9.18 Å². The van der Waals surface area contributed by atoms with E-state index in [0.29, 0.717) is 10.4 Å². The molecule has 0 heterocycles. The molecule has 6 heteroatoms. The standard InChI is InChI=1S/C16H19BrFNO3/c1-10-4-2-3-5-14(10)19-15(20)9-22-16(21)12-7-6-11(17)8-13(12)18/h6-8,10,14H,2-5,9H2,1H3,(H,19,20)/t10-,14+/m1/s1. The summed E-state index contributed by atoms with van der Waals surface area (Å²) in [5.74, 6) is -1.43. The lowest BCUT2D eigenvalue weighted by Gasteiger charge is -2.29. The summed E-state index contributed by atoms with van der Waals surface area (Å²) < 4.78 is 19.0. The van der Waals surface area contributed by atoms with Gasteiger partial charge in [0.1, 0.15) is 5.82 Å². The zero-order chi connectivity index (χ0) is 16.1. The van der Waals surface area contributed by atoms with Crippen LogP contribution in [-0.2, 0) is 9.53 Å². The Morgan fingerprint density at radius 1 is 1.36 bits per heavy atom. The van der Waals surface area contributed by atoms with E-state index in [1.807, 2.05) is 0 Å². The maximum atomic E-state index is 13.6. The normalized spacial score (nSPS) is 21.2. The van der Waals surface area contributed by atoms with Gasteiger partial charge in [0.2, 0.25) is 0 Å². The first-order valence-corrected chi connectivity index (χ1v) is 8.18. The van der Waals surface area contributed by atoms with Gasteiger partial charge in [-0.3, -0.25) is 4.79 Å². The van der Waals surface area contributed by atoms with Gasteiger partial charge in [-0.05, 0) is 37.0 Å². The molecule has 1 amide bonds. The Morgan fingerprint density at radius 2 is 2.09 bits per heavy atom. The first-order chi connectivity index (χ1) is 10.5. The topological polar surface area (TPSA) is 55.4 Å². The highest BCUT2D eigenvalue weighted by Crippen LogP contribution is 2.23. The van der Waals surface area contributed by atoms with Crippen LogP contribution in [0.1, 0.15) is 43.0 Å². The predicted molar refractivity (Wildman–Crippen MR) is 83.9 cm³/mol. The third-order valence-corrected chi connectivity index (χ3v) is 4.44. The molecule has 0 saturated heterocycles. The largest absolute Gasteiger partial charge is 0.452 e. The molecule has 1 fully saturated rings. The summed E-state index contributed by atoms with van der Waals surface area (Å²) in [6.07, 6.45) is 4.32. The quantitative estimate of drug-likeness (QED) is 0.824. The number of carbonyl (C=O) groups excluding carboxylic acids is 2. The Kier molecular flexibility index (Phi) is 5.94. The molecule has 2 rings (SSSR count). The number of rotatable bonds is 4. The molecule has 22 heavy (non-hydrogen) atoms. The van der Waals surface area contributed by atoms with Crippen LogP contribution in [0.4, 0.5) is 4.39 Å². The van der Waals surface area contributed by atoms with Crippen molar-refractivity contribution < 1.29 is 18.7 Å². The zero-order valence-corrected chi connectivity index (χ0v) is 14.0. The molecule has 120 valence electrons. The Hall–Kier alpha value is -1.43. The highest BCUT2D eigenvalue weighted by molar-refractivity contribution is 9.10. The molecule has 0 aliphatic heterocycles. The van der Waals surface area contributed by atoms with Crippen LogP contribution in [-0.4, -0.2) is 24.5 Å². The van der Waals surface area contributed by atoms with E-state index in [1.54, 1.807) is 6.07 Å². The van der Waals surface area contributed by atoms with Crippen molar-refractivity contribution in [3.8, 4) is 0 Å². The molecule has 1 aliphatic rings. The number of hydrogen-bond donors (Lipinski definition) is 1. The van der Waals surface area contributed by atoms with E-state index < -0.39 is 18.4 Å². The monoisotopic (exact) mass is 371 g/mol. The maximum Gasteiger partial charge on any atom is 0.341 e. The van der Waals surface area contributed by atoms with Gasteiger partial charge in [-0.1, -0.05) is 35.7 Å². The summed E-state index contributed by atoms with van der Waals surface area (Å²) in [6, 6.07) is 4.18. The molecule has 0 radical (unpaired) electrons. The van der Waals surface area contributed by atoms with Crippen LogP contribution >= 0.6 is 15.9 Å². The SMILES string of the molecule is C[C@@H]1CCCC[C@@H]1NC(=O)COC(=O)c1ccc(Br)cc1F. The molecule has 1 aliphatic carbocycles. The van der Waals surface area contributed by atoms with Crippen molar-refractivity contribution in [1.82, 2.24) is 5.32 Å². The minimum Gasteiger partial charge on any atom is -0.452 e. The smallest absolute Gasteiger partial charge is 0.341 e. The van der Waals surface area contributed by atoms with Crippen LogP contribution in [0.15, 0.2) is 22.7 Å². The maximum absolute atomic E-state index is 13.6. The van der Waals surface area contributed by atoms with E-state index in [1.165, 1.54) is 18.6 Å². The predicted octanol–water partition coefficient (Wildman–Crippen LogP) is 3.44. The fraction of sp³-hybridized carbons (Fsp3) is 0.500. The molecule has 1 aromatic carbocycles. The number of hydrogen-bond acceptors (Lipinski definition) is 3. The number of benzene rings is 1. The van der Waals surface area contributed by atoms with Gasteiger partial charge in [-0.2, -0.15) is 0 Å². The molecule has 1 N–H and O–H groups in total. The molecule has 0 spiro atoms. The lowest BCUT2D eigenvalue weighted by atomic mass is 9.86. The number of halogens is 2. The summed E-state index contributed by atoms with van der Waals surface area (Å²) >= 11 is 3.11. The lowest BCUT2D eigenvalue weighted by Crippen LogP contribution is -2.42. The van der Waals surface area contributed by atoms with Gasteiger partial charge in [0.15, 0.2) is 6.61 Å². The summed E-state index contributed by atoms with van der Waals surface area (Å²) in [7, 11) is 0. The number of ether oxygens (including phenoxy) is 1. The zero-order valence-electron chi connectivity index (χ0n) is 12.4. The van der Waals surface area contributed by atoms with E-state index in [4.69, 9.17) is 4.74 Å². The van der Waals surface area contributed by atoms with E-state index in [2.05, 4.69) is 28.2 Å². The molecule has 4 nitrogen and oxygen atoms in total. The third kappa shape index (κ3) is 4.53. The molecule has 0 bridgehead atoms. The van der Waals surface area contributed by atoms with Gasteiger partial charge in [0, 0.05) is 10.5 Å². The summed E-state index contributed by atoms with van der Waals surface area (Å²) in [5.41, 5.74) is -0.179. The van der Waals surface area contributed by atoms with Crippen molar-refractivity contribution in [2.24, 2.45) is 5.92 Å². The Balaban J connectivity index is 1.84. The molecular weight excluding hydrogens is 353 g/mol. The van der Waals surface area contributed by atoms with E-state index >= 15 is 0 Å². The van der Waals surface area contributed by atoms with E-state index in [9.17, 15) is 14.0 Å². The van der Waals surface area contributed by atoms with Gasteiger partial charge >= 0.3 is 5.97 Å². The number of carbonyl (C=O) groups is 2. The lowest BCUT2D eigenvalue weighted by molar-refractivity contribution is -0.125. The number of esters is 1. The molecule has 2 atom stereocenters. The number of amides is 1. The second-order valence-electron chi connectivity index (χ2n) is 5.64. The van der Waals surface area contributed by atoms with Crippen LogP contribution < -0.4 is 5.32 Å². The number of nitrogens with one attached hydrogen (secondary N) is 1. The molecule has 0 aromatic heterocycles. The summed E-state index contributed by atoms with van der Waals surface area (Å²) in [5, 5.41) is 2.88. The van der Waals surface area contributed by atoms with Crippen LogP contribution in [0.25, 0.3) is 0 Å². The van der Waals surface area contributed by atoms with Crippen LogP contribution in [0.3, 0.4) is 0 Å². The van der Waals surface area contributed by atoms with Crippen molar-refractivity contribution >= 4 is 27.8 Å². The van der Waals surface area contributed by atoms with Gasteiger partial charge < -0.3 is 10.1 Å². The highest BCUT2D eigenvalue weighted by atomic mass is 79.9. The average molecular weight is 372 g/mol. The molecule has 1 aromatic rings. The minimum absolute atomic E-state index is 0.129. The highest BCUT2D eigenvalue weighted by Gasteiger charge is 2.23. The minimum atomic E-state index is -0.836. The van der Waals surface area contributed by atoms with E-state index in [0.717, 1.165) is 19.3 Å². The van der Waals surface area contributed by atoms with E-state index in [-0.39, 0.29) is 17.5 Å². The van der Waals surface area contributed by atoms with Crippen molar-refractivity contribution in [2.75, 3.05) is 6.61 Å². The van der Waals surface area contributed by atoms with Gasteiger partial charge in [0.05, 0.1) is 5.56 Å². The third-order valence-electron chi connectivity index (χ3n) is 3.94. The first-order valence-electron chi connectivity index (χ1n) is 7.39. The summed E-state index contributed by atoms with van der Waals surface area (Å²) in [4.78, 5) is 23.6. The fourth-order valence-corrected chi connectivity index (χ4v) is 2.98. The Bertz CT molecular complexity index is 564. The van der Waals surface area contributed by atoms with Crippen LogP contribution in [0.2, 0.25) is 0 Å². The average Bonchev–Trinajstić information content (AvgIpc) is 2.47. The van der Waals surface area contributed by atoms with Crippen molar-refractivity contribution in [1.29, 1.82) is 0 Å². The molecule has 1 saturated carbocycles. The summed E-state index contributed by atoms with van der Waals surface area (Å²) in [6.45, 7) is 1.71. The van der Waals surface area contributed by atoms with Crippen LogP contribution in [0, 0.1) is 11.7 Å². The first kappa shape index (κ1) is 16.9. The van der Waals surface area contributed by atoms with Crippen molar-refractivity contribution in [3.05, 3.63) is 34.1 Å². The van der Waals surface area contributed by atoms with Crippen LogP contribution in [0.5, 0.6) is 0 Å². The van der Waals surface area contributed by atoms with Gasteiger partial charge in [-0.15, -0.1) is 0 Å². The van der Waals surface area contributed by atoms with Crippen molar-refractivity contribution in [3.63, 3.8) is 0 Å². The Labute approximate surface area is 137 Å². The molecule has 0 unspecified atom stereocenters. The second-order valence-corrected chi connectivity index (χ2v) is 6.55.